The standard InChI is InChI=1S/C11H12Cl3N3O2/c1-3-4-5(2)16-17-8-6(12)9(11(18)19)15-10(14)7(8)13/h3-4H2,1-2H3,(H,15,17)(H,18,19)/p-1/b16-5-. The number of carbonyl (C=O) groups excluding carboxylic acids is 1. The minimum Gasteiger partial charge on any atom is -0.543 e. The van der Waals surface area contributed by atoms with Crippen molar-refractivity contribution >= 4 is 52.2 Å². The molecular formula is C11H11Cl3N3O2-. The number of aromatic carboxylic acids is 1. The Labute approximate surface area is 125 Å². The van der Waals surface area contributed by atoms with E-state index in [2.05, 4.69) is 15.5 Å². The normalized spacial score (nSPS) is 11.5. The lowest BCUT2D eigenvalue weighted by Crippen LogP contribution is -2.24. The first kappa shape index (κ1) is 16.0. The van der Waals surface area contributed by atoms with Gasteiger partial charge in [0.1, 0.15) is 10.7 Å². The Morgan fingerprint density at radius 2 is 2.00 bits per heavy atom. The third-order valence-corrected chi connectivity index (χ3v) is 3.31. The number of hydrazone groups is 1. The summed E-state index contributed by atoms with van der Waals surface area (Å²) in [6, 6.07) is 0. The quantitative estimate of drug-likeness (QED) is 0.513. The monoisotopic (exact) mass is 322 g/mol. The van der Waals surface area contributed by atoms with Crippen LogP contribution >= 0.6 is 34.8 Å². The van der Waals surface area contributed by atoms with Crippen LogP contribution in [0.5, 0.6) is 0 Å². The van der Waals surface area contributed by atoms with Crippen molar-refractivity contribution in [2.75, 3.05) is 5.43 Å². The summed E-state index contributed by atoms with van der Waals surface area (Å²) in [5.74, 6) is -1.54. The van der Waals surface area contributed by atoms with Gasteiger partial charge in [-0.3, -0.25) is 5.43 Å². The highest BCUT2D eigenvalue weighted by atomic mass is 35.5. The molecule has 1 aromatic heterocycles. The predicted octanol–water partition coefficient (Wildman–Crippen LogP) is 2.99. The number of hydrogen-bond acceptors (Lipinski definition) is 5. The van der Waals surface area contributed by atoms with Crippen molar-refractivity contribution in [3.8, 4) is 0 Å². The first-order valence-corrected chi connectivity index (χ1v) is 6.56. The zero-order valence-corrected chi connectivity index (χ0v) is 12.5. The second kappa shape index (κ2) is 6.93. The van der Waals surface area contributed by atoms with Crippen LogP contribution in [0.4, 0.5) is 5.69 Å². The van der Waals surface area contributed by atoms with Crippen molar-refractivity contribution in [1.29, 1.82) is 0 Å². The highest BCUT2D eigenvalue weighted by Gasteiger charge is 2.17. The van der Waals surface area contributed by atoms with Crippen molar-refractivity contribution in [1.82, 2.24) is 4.98 Å². The van der Waals surface area contributed by atoms with E-state index in [1.54, 1.807) is 0 Å². The zero-order valence-electron chi connectivity index (χ0n) is 10.3. The van der Waals surface area contributed by atoms with Gasteiger partial charge in [0.15, 0.2) is 5.15 Å². The maximum atomic E-state index is 10.9. The highest BCUT2D eigenvalue weighted by molar-refractivity contribution is 6.46. The number of aromatic nitrogens is 1. The number of halogens is 3. The molecule has 0 spiro atoms. The maximum absolute atomic E-state index is 10.9. The molecule has 1 rings (SSSR count). The van der Waals surface area contributed by atoms with Crippen LogP contribution in [0.15, 0.2) is 5.10 Å². The molecule has 1 aromatic rings. The van der Waals surface area contributed by atoms with Gasteiger partial charge in [0.25, 0.3) is 0 Å². The summed E-state index contributed by atoms with van der Waals surface area (Å²) in [4.78, 5) is 14.4. The molecule has 0 saturated carbocycles. The van der Waals surface area contributed by atoms with Crippen LogP contribution in [-0.2, 0) is 0 Å². The molecule has 0 atom stereocenters. The van der Waals surface area contributed by atoms with Crippen LogP contribution < -0.4 is 10.5 Å². The first-order chi connectivity index (χ1) is 8.88. The fourth-order valence-electron chi connectivity index (χ4n) is 1.32. The topological polar surface area (TPSA) is 77.4 Å². The molecule has 0 aliphatic rings. The molecular weight excluding hydrogens is 312 g/mol. The van der Waals surface area contributed by atoms with Crippen molar-refractivity contribution in [3.63, 3.8) is 0 Å². The number of nitrogens with one attached hydrogen (secondary N) is 1. The zero-order chi connectivity index (χ0) is 14.6. The van der Waals surface area contributed by atoms with Crippen LogP contribution in [0, 0.1) is 0 Å². The summed E-state index contributed by atoms with van der Waals surface area (Å²) in [6.07, 6.45) is 1.72. The summed E-state index contributed by atoms with van der Waals surface area (Å²) in [7, 11) is 0. The smallest absolute Gasteiger partial charge is 0.150 e. The Balaban J connectivity index is 3.19. The van der Waals surface area contributed by atoms with E-state index in [1.165, 1.54) is 0 Å². The van der Waals surface area contributed by atoms with Crippen molar-refractivity contribution in [2.24, 2.45) is 5.10 Å². The summed E-state index contributed by atoms with van der Waals surface area (Å²) >= 11 is 17.5. The number of anilines is 1. The number of carbonyl (C=O) groups is 1. The van der Waals surface area contributed by atoms with Gasteiger partial charge in [0, 0.05) is 5.71 Å². The number of nitrogens with zero attached hydrogens (tertiary/aromatic N) is 2. The lowest BCUT2D eigenvalue weighted by atomic mass is 10.2. The maximum Gasteiger partial charge on any atom is 0.150 e. The van der Waals surface area contributed by atoms with Crippen molar-refractivity contribution < 1.29 is 9.90 Å². The highest BCUT2D eigenvalue weighted by Crippen LogP contribution is 2.36. The Morgan fingerprint density at radius 3 is 2.53 bits per heavy atom. The van der Waals surface area contributed by atoms with Gasteiger partial charge in [0.2, 0.25) is 0 Å². The molecule has 0 amide bonds. The van der Waals surface area contributed by atoms with Gasteiger partial charge in [-0.05, 0) is 13.3 Å². The Kier molecular flexibility index (Phi) is 5.85. The molecule has 0 radical (unpaired) electrons. The van der Waals surface area contributed by atoms with E-state index in [4.69, 9.17) is 34.8 Å². The minimum atomic E-state index is -1.54. The van der Waals surface area contributed by atoms with Crippen molar-refractivity contribution in [2.45, 2.75) is 26.7 Å². The van der Waals surface area contributed by atoms with Gasteiger partial charge >= 0.3 is 0 Å². The molecule has 0 aliphatic carbocycles. The van der Waals surface area contributed by atoms with Crippen LogP contribution in [0.1, 0.15) is 37.2 Å². The molecule has 0 fully saturated rings. The molecule has 5 nitrogen and oxygen atoms in total. The number of hydrogen-bond donors (Lipinski definition) is 1. The number of carboxylic acid groups (broad SMARTS) is 1. The van der Waals surface area contributed by atoms with Crippen LogP contribution in [-0.4, -0.2) is 16.7 Å². The van der Waals surface area contributed by atoms with Crippen molar-refractivity contribution in [3.05, 3.63) is 20.9 Å². The molecule has 1 N–H and O–H groups in total. The van der Waals surface area contributed by atoms with Gasteiger partial charge in [-0.15, -0.1) is 0 Å². The molecule has 0 aromatic carbocycles. The van der Waals surface area contributed by atoms with Crippen LogP contribution in [0.3, 0.4) is 0 Å². The third kappa shape index (κ3) is 3.96. The van der Waals surface area contributed by atoms with Gasteiger partial charge in [-0.25, -0.2) is 4.98 Å². The lowest BCUT2D eigenvalue weighted by molar-refractivity contribution is -0.255. The van der Waals surface area contributed by atoms with E-state index in [0.29, 0.717) is 0 Å². The number of carboxylic acids is 1. The molecule has 104 valence electrons. The van der Waals surface area contributed by atoms with E-state index in [1.807, 2.05) is 13.8 Å². The van der Waals surface area contributed by atoms with Gasteiger partial charge in [0.05, 0.1) is 16.7 Å². The van der Waals surface area contributed by atoms with E-state index < -0.39 is 11.7 Å². The average Bonchev–Trinajstić information content (AvgIpc) is 2.33. The molecule has 19 heavy (non-hydrogen) atoms. The Morgan fingerprint density at radius 1 is 1.37 bits per heavy atom. The summed E-state index contributed by atoms with van der Waals surface area (Å²) in [6.45, 7) is 3.83. The van der Waals surface area contributed by atoms with Crippen LogP contribution in [0.2, 0.25) is 15.2 Å². The fourth-order valence-corrected chi connectivity index (χ4v) is 1.98. The molecule has 8 heteroatoms. The van der Waals surface area contributed by atoms with Crippen LogP contribution in [0.25, 0.3) is 0 Å². The molecule has 0 aliphatic heterocycles. The van der Waals surface area contributed by atoms with Gasteiger partial charge in [-0.2, -0.15) is 5.10 Å². The fraction of sp³-hybridized carbons (Fsp3) is 0.364. The molecule has 0 unspecified atom stereocenters. The first-order valence-electron chi connectivity index (χ1n) is 5.43. The predicted molar refractivity (Wildman–Crippen MR) is 75.2 cm³/mol. The molecule has 0 bridgehead atoms. The third-order valence-electron chi connectivity index (χ3n) is 2.20. The van der Waals surface area contributed by atoms with E-state index in [9.17, 15) is 9.90 Å². The Hall–Kier alpha value is -1.04. The number of pyridine rings is 1. The van der Waals surface area contributed by atoms with E-state index >= 15 is 0 Å². The summed E-state index contributed by atoms with van der Waals surface area (Å²) < 4.78 is 0. The number of rotatable bonds is 5. The van der Waals surface area contributed by atoms with Gasteiger partial charge in [-0.1, -0.05) is 48.1 Å². The summed E-state index contributed by atoms with van der Waals surface area (Å²) in [5.41, 5.74) is 3.04. The van der Waals surface area contributed by atoms with Gasteiger partial charge < -0.3 is 9.90 Å². The second-order valence-corrected chi connectivity index (χ2v) is 4.86. The SMILES string of the molecule is CCC/C(C)=N\Nc1c(Cl)c(Cl)nc(C(=O)[O-])c1Cl. The molecule has 0 saturated heterocycles. The average molecular weight is 324 g/mol. The van der Waals surface area contributed by atoms with E-state index in [0.717, 1.165) is 18.6 Å². The minimum absolute atomic E-state index is 0.00437. The summed E-state index contributed by atoms with van der Waals surface area (Å²) in [5, 5.41) is 14.5. The van der Waals surface area contributed by atoms with E-state index in [-0.39, 0.29) is 20.9 Å². The lowest BCUT2D eigenvalue weighted by Gasteiger charge is -2.12. The second-order valence-electron chi connectivity index (χ2n) is 3.75. The largest absolute Gasteiger partial charge is 0.543 e. The molecule has 1 heterocycles. The Bertz CT molecular complexity index is 532.